The fourth-order valence-corrected chi connectivity index (χ4v) is 2.47. The maximum absolute atomic E-state index is 11.9. The first kappa shape index (κ1) is 15.3. The van der Waals surface area contributed by atoms with Crippen LogP contribution in [0, 0.1) is 5.92 Å². The van der Waals surface area contributed by atoms with Gasteiger partial charge in [0.1, 0.15) is 5.60 Å². The minimum Gasteiger partial charge on any atom is -0.444 e. The number of carbonyl (C=O) groups excluding carboxylic acids is 1. The van der Waals surface area contributed by atoms with Crippen molar-refractivity contribution in [1.29, 1.82) is 0 Å². The van der Waals surface area contributed by atoms with Crippen LogP contribution in [-0.2, 0) is 4.74 Å². The molecule has 0 radical (unpaired) electrons. The smallest absolute Gasteiger partial charge is 0.410 e. The molecule has 0 heterocycles. The summed E-state index contributed by atoms with van der Waals surface area (Å²) in [7, 11) is 1.71. The Balaban J connectivity index is 2.49. The third-order valence-electron chi connectivity index (χ3n) is 3.52. The first-order valence-corrected chi connectivity index (χ1v) is 6.90. The van der Waals surface area contributed by atoms with Gasteiger partial charge in [-0.15, -0.1) is 0 Å². The average molecular weight is 257 g/mol. The van der Waals surface area contributed by atoms with Gasteiger partial charge in [0.25, 0.3) is 0 Å². The number of aliphatic hydroxyl groups excluding tert-OH is 1. The molecule has 0 spiro atoms. The van der Waals surface area contributed by atoms with Crippen molar-refractivity contribution >= 4 is 6.09 Å². The summed E-state index contributed by atoms with van der Waals surface area (Å²) in [6.07, 6.45) is 5.53. The Hall–Kier alpha value is -0.770. The number of hydrogen-bond donors (Lipinski definition) is 1. The summed E-state index contributed by atoms with van der Waals surface area (Å²) < 4.78 is 5.32. The summed E-state index contributed by atoms with van der Waals surface area (Å²) in [4.78, 5) is 13.5. The highest BCUT2D eigenvalue weighted by molar-refractivity contribution is 5.68. The second-order valence-corrected chi connectivity index (χ2v) is 6.31. The number of likely N-dealkylation sites (N-methyl/N-ethyl adjacent to an activating group) is 1. The molecule has 0 saturated heterocycles. The standard InChI is InChI=1S/C14H27NO3/c1-14(2,3)18-13(17)15(4)12(10-16)9-11-7-5-6-8-11/h11-12,16H,5-10H2,1-4H3. The van der Waals surface area contributed by atoms with Crippen molar-refractivity contribution in [1.82, 2.24) is 4.90 Å². The fraction of sp³-hybridized carbons (Fsp3) is 0.929. The summed E-state index contributed by atoms with van der Waals surface area (Å²) in [6, 6.07) is -0.122. The molecular formula is C14H27NO3. The van der Waals surface area contributed by atoms with Crippen LogP contribution >= 0.6 is 0 Å². The van der Waals surface area contributed by atoms with Crippen LogP contribution in [0.5, 0.6) is 0 Å². The molecule has 4 nitrogen and oxygen atoms in total. The van der Waals surface area contributed by atoms with E-state index in [1.807, 2.05) is 20.8 Å². The molecule has 0 bridgehead atoms. The molecule has 4 heteroatoms. The van der Waals surface area contributed by atoms with Gasteiger partial charge in [-0.1, -0.05) is 25.7 Å². The molecule has 1 aliphatic carbocycles. The van der Waals surface area contributed by atoms with E-state index in [0.29, 0.717) is 5.92 Å². The highest BCUT2D eigenvalue weighted by Gasteiger charge is 2.28. The van der Waals surface area contributed by atoms with Crippen LogP contribution in [0.4, 0.5) is 4.79 Å². The van der Waals surface area contributed by atoms with Crippen LogP contribution in [0.1, 0.15) is 52.9 Å². The molecule has 1 atom stereocenters. The second kappa shape index (κ2) is 6.41. The first-order valence-electron chi connectivity index (χ1n) is 6.90. The first-order chi connectivity index (χ1) is 8.33. The van der Waals surface area contributed by atoms with Crippen LogP contribution in [0.15, 0.2) is 0 Å². The minimum atomic E-state index is -0.487. The van der Waals surface area contributed by atoms with Crippen molar-refractivity contribution in [2.75, 3.05) is 13.7 Å². The number of amides is 1. The maximum Gasteiger partial charge on any atom is 0.410 e. The zero-order chi connectivity index (χ0) is 13.8. The molecule has 18 heavy (non-hydrogen) atoms. The van der Waals surface area contributed by atoms with Crippen LogP contribution in [-0.4, -0.2) is 41.4 Å². The SMILES string of the molecule is CN(C(=O)OC(C)(C)C)C(CO)CC1CCCC1. The lowest BCUT2D eigenvalue weighted by Gasteiger charge is -2.31. The predicted octanol–water partition coefficient (Wildman–Crippen LogP) is 2.79. The quantitative estimate of drug-likeness (QED) is 0.842. The molecule has 1 aliphatic rings. The Morgan fingerprint density at radius 3 is 2.39 bits per heavy atom. The van der Waals surface area contributed by atoms with Crippen molar-refractivity contribution in [3.8, 4) is 0 Å². The second-order valence-electron chi connectivity index (χ2n) is 6.31. The van der Waals surface area contributed by atoms with Gasteiger partial charge in [0.05, 0.1) is 12.6 Å². The normalized spacial score (nSPS) is 18.7. The van der Waals surface area contributed by atoms with Crippen molar-refractivity contribution in [3.05, 3.63) is 0 Å². The van der Waals surface area contributed by atoms with Crippen LogP contribution in [0.2, 0.25) is 0 Å². The van der Waals surface area contributed by atoms with E-state index in [1.54, 1.807) is 11.9 Å². The number of aliphatic hydroxyl groups is 1. The number of carbonyl (C=O) groups is 1. The van der Waals surface area contributed by atoms with Crippen LogP contribution in [0.25, 0.3) is 0 Å². The van der Waals surface area contributed by atoms with E-state index in [9.17, 15) is 9.90 Å². The van der Waals surface area contributed by atoms with Gasteiger partial charge in [-0.05, 0) is 33.1 Å². The molecule has 0 aromatic rings. The van der Waals surface area contributed by atoms with Crippen LogP contribution in [0.3, 0.4) is 0 Å². The van der Waals surface area contributed by atoms with Crippen LogP contribution < -0.4 is 0 Å². The number of ether oxygens (including phenoxy) is 1. The Morgan fingerprint density at radius 1 is 1.39 bits per heavy atom. The lowest BCUT2D eigenvalue weighted by atomic mass is 9.98. The van der Waals surface area contributed by atoms with Gasteiger partial charge in [0.15, 0.2) is 0 Å². The van der Waals surface area contributed by atoms with Gasteiger partial charge < -0.3 is 14.7 Å². The Bertz CT molecular complexity index is 267. The largest absolute Gasteiger partial charge is 0.444 e. The summed E-state index contributed by atoms with van der Waals surface area (Å²) in [6.45, 7) is 5.56. The topological polar surface area (TPSA) is 49.8 Å². The summed E-state index contributed by atoms with van der Waals surface area (Å²) in [5.74, 6) is 0.645. The van der Waals surface area contributed by atoms with Gasteiger partial charge in [0, 0.05) is 7.05 Å². The Labute approximate surface area is 110 Å². The zero-order valence-electron chi connectivity index (χ0n) is 12.1. The number of rotatable bonds is 4. The fourth-order valence-electron chi connectivity index (χ4n) is 2.47. The molecule has 1 unspecified atom stereocenters. The van der Waals surface area contributed by atoms with Gasteiger partial charge >= 0.3 is 6.09 Å². The number of nitrogens with zero attached hydrogens (tertiary/aromatic N) is 1. The lowest BCUT2D eigenvalue weighted by Crippen LogP contribution is -2.43. The molecule has 1 amide bonds. The molecule has 1 rings (SSSR count). The minimum absolute atomic E-state index is 0.00619. The summed E-state index contributed by atoms with van der Waals surface area (Å²) in [5.41, 5.74) is -0.487. The van der Waals surface area contributed by atoms with Crippen molar-refractivity contribution in [2.24, 2.45) is 5.92 Å². The molecule has 1 saturated carbocycles. The molecule has 1 fully saturated rings. The average Bonchev–Trinajstić information content (AvgIpc) is 2.75. The third kappa shape index (κ3) is 4.84. The van der Waals surface area contributed by atoms with Gasteiger partial charge in [-0.25, -0.2) is 4.79 Å². The van der Waals surface area contributed by atoms with E-state index in [2.05, 4.69) is 0 Å². The monoisotopic (exact) mass is 257 g/mol. The zero-order valence-corrected chi connectivity index (χ0v) is 12.1. The van der Waals surface area contributed by atoms with E-state index in [-0.39, 0.29) is 18.7 Å². The summed E-state index contributed by atoms with van der Waals surface area (Å²) in [5, 5.41) is 9.45. The summed E-state index contributed by atoms with van der Waals surface area (Å²) >= 11 is 0. The van der Waals surface area contributed by atoms with Crippen molar-refractivity contribution < 1.29 is 14.6 Å². The molecule has 1 N–H and O–H groups in total. The lowest BCUT2D eigenvalue weighted by molar-refractivity contribution is 0.0133. The highest BCUT2D eigenvalue weighted by Crippen LogP contribution is 2.29. The van der Waals surface area contributed by atoms with E-state index in [4.69, 9.17) is 4.74 Å². The van der Waals surface area contributed by atoms with Crippen molar-refractivity contribution in [3.63, 3.8) is 0 Å². The third-order valence-corrected chi connectivity index (χ3v) is 3.52. The molecule has 0 aliphatic heterocycles. The molecular weight excluding hydrogens is 230 g/mol. The van der Waals surface area contributed by atoms with E-state index >= 15 is 0 Å². The highest BCUT2D eigenvalue weighted by atomic mass is 16.6. The Kier molecular flexibility index (Phi) is 5.45. The van der Waals surface area contributed by atoms with E-state index in [1.165, 1.54) is 25.7 Å². The Morgan fingerprint density at radius 2 is 1.94 bits per heavy atom. The maximum atomic E-state index is 11.9. The number of hydrogen-bond acceptors (Lipinski definition) is 3. The van der Waals surface area contributed by atoms with E-state index < -0.39 is 5.60 Å². The van der Waals surface area contributed by atoms with Gasteiger partial charge in [-0.3, -0.25) is 0 Å². The molecule has 0 aromatic heterocycles. The van der Waals surface area contributed by atoms with Gasteiger partial charge in [0.2, 0.25) is 0 Å². The molecule has 0 aromatic carbocycles. The van der Waals surface area contributed by atoms with Gasteiger partial charge in [-0.2, -0.15) is 0 Å². The van der Waals surface area contributed by atoms with Crippen molar-refractivity contribution in [2.45, 2.75) is 64.5 Å². The predicted molar refractivity (Wildman–Crippen MR) is 71.4 cm³/mol. The molecule has 106 valence electrons. The van der Waals surface area contributed by atoms with E-state index in [0.717, 1.165) is 6.42 Å².